The molecule has 1 aliphatic rings. The van der Waals surface area contributed by atoms with Crippen molar-refractivity contribution >= 4 is 11.9 Å². The molecule has 5 nitrogen and oxygen atoms in total. The Hall–Kier alpha value is -1.26. The summed E-state index contributed by atoms with van der Waals surface area (Å²) in [5, 5.41) is 9.93. The smallest absolute Gasteiger partial charge is 0.309 e. The molecule has 4 N–H and O–H groups in total. The number of carbonyl (C=O) groups is 1. The van der Waals surface area contributed by atoms with Crippen molar-refractivity contribution in [3.05, 3.63) is 0 Å². The van der Waals surface area contributed by atoms with E-state index in [1.807, 2.05) is 13.8 Å². The number of hydrogen-bond acceptors (Lipinski definition) is 3. The molecule has 98 valence electrons. The lowest BCUT2D eigenvalue weighted by molar-refractivity contribution is -0.153. The van der Waals surface area contributed by atoms with E-state index in [0.29, 0.717) is 5.92 Å². The van der Waals surface area contributed by atoms with Gasteiger partial charge in [0.15, 0.2) is 5.96 Å². The highest BCUT2D eigenvalue weighted by Crippen LogP contribution is 2.29. The molecule has 0 saturated heterocycles. The molecule has 0 spiro atoms. The average molecular weight is 241 g/mol. The van der Waals surface area contributed by atoms with Crippen molar-refractivity contribution in [2.24, 2.45) is 17.6 Å². The molecule has 0 unspecified atom stereocenters. The highest BCUT2D eigenvalue weighted by atomic mass is 16.5. The van der Waals surface area contributed by atoms with Gasteiger partial charge in [-0.1, -0.05) is 0 Å². The Morgan fingerprint density at radius 1 is 1.41 bits per heavy atom. The first-order valence-electron chi connectivity index (χ1n) is 6.27. The zero-order valence-corrected chi connectivity index (χ0v) is 10.7. The van der Waals surface area contributed by atoms with Gasteiger partial charge in [-0.15, -0.1) is 0 Å². The minimum atomic E-state index is -0.0574. The zero-order chi connectivity index (χ0) is 12.8. The van der Waals surface area contributed by atoms with Crippen LogP contribution in [0.2, 0.25) is 0 Å². The van der Waals surface area contributed by atoms with Crippen molar-refractivity contribution in [2.45, 2.75) is 45.6 Å². The van der Waals surface area contributed by atoms with Crippen LogP contribution in [0.5, 0.6) is 0 Å². The minimum absolute atomic E-state index is 0.0198. The van der Waals surface area contributed by atoms with Gasteiger partial charge in [0.25, 0.3) is 0 Å². The van der Waals surface area contributed by atoms with Crippen molar-refractivity contribution in [1.82, 2.24) is 5.32 Å². The van der Waals surface area contributed by atoms with Crippen LogP contribution in [0.4, 0.5) is 0 Å². The largest absolute Gasteiger partial charge is 0.463 e. The molecule has 5 heteroatoms. The number of esters is 1. The number of ether oxygens (including phenoxy) is 1. The van der Waals surface area contributed by atoms with Crippen LogP contribution >= 0.6 is 0 Å². The molecule has 1 fully saturated rings. The topological polar surface area (TPSA) is 88.2 Å². The number of carbonyl (C=O) groups excluding carboxylic acids is 1. The van der Waals surface area contributed by atoms with E-state index >= 15 is 0 Å². The molecule has 0 amide bonds. The van der Waals surface area contributed by atoms with Gasteiger partial charge >= 0.3 is 5.97 Å². The van der Waals surface area contributed by atoms with Crippen LogP contribution in [0.25, 0.3) is 0 Å². The maximum absolute atomic E-state index is 11.7. The Bertz CT molecular complexity index is 271. The van der Waals surface area contributed by atoms with Crippen molar-refractivity contribution in [3.63, 3.8) is 0 Å². The van der Waals surface area contributed by atoms with E-state index < -0.39 is 0 Å². The molecular weight excluding hydrogens is 218 g/mol. The second kappa shape index (κ2) is 6.47. The van der Waals surface area contributed by atoms with Crippen molar-refractivity contribution in [3.8, 4) is 0 Å². The number of nitrogens with one attached hydrogen (secondary N) is 2. The molecule has 1 saturated carbocycles. The van der Waals surface area contributed by atoms with E-state index in [4.69, 9.17) is 15.9 Å². The highest BCUT2D eigenvalue weighted by Gasteiger charge is 2.27. The van der Waals surface area contributed by atoms with Crippen LogP contribution in [0.15, 0.2) is 0 Å². The molecule has 1 aliphatic carbocycles. The summed E-state index contributed by atoms with van der Waals surface area (Å²) >= 11 is 0. The van der Waals surface area contributed by atoms with Gasteiger partial charge in [0, 0.05) is 6.54 Å². The van der Waals surface area contributed by atoms with Gasteiger partial charge in [0.05, 0.1) is 12.0 Å². The summed E-state index contributed by atoms with van der Waals surface area (Å²) in [4.78, 5) is 11.7. The van der Waals surface area contributed by atoms with E-state index in [2.05, 4.69) is 5.32 Å². The third kappa shape index (κ3) is 5.06. The predicted molar refractivity (Wildman–Crippen MR) is 66.6 cm³/mol. The quantitative estimate of drug-likeness (QED) is 0.392. The van der Waals surface area contributed by atoms with Crippen LogP contribution in [-0.4, -0.2) is 24.6 Å². The lowest BCUT2D eigenvalue weighted by atomic mass is 9.82. The summed E-state index contributed by atoms with van der Waals surface area (Å²) in [5.41, 5.74) is 5.24. The second-order valence-corrected chi connectivity index (χ2v) is 5.00. The molecule has 0 aromatic carbocycles. The number of hydrogen-bond donors (Lipinski definition) is 3. The maximum Gasteiger partial charge on any atom is 0.309 e. The molecule has 0 atom stereocenters. The molecule has 17 heavy (non-hydrogen) atoms. The Balaban J connectivity index is 2.25. The van der Waals surface area contributed by atoms with Crippen LogP contribution in [0, 0.1) is 17.2 Å². The van der Waals surface area contributed by atoms with Crippen molar-refractivity contribution < 1.29 is 9.53 Å². The van der Waals surface area contributed by atoms with E-state index in [1.54, 1.807) is 0 Å². The average Bonchev–Trinajstić information content (AvgIpc) is 2.26. The fourth-order valence-electron chi connectivity index (χ4n) is 2.19. The normalized spacial score (nSPS) is 24.4. The van der Waals surface area contributed by atoms with Gasteiger partial charge in [-0.2, -0.15) is 0 Å². The van der Waals surface area contributed by atoms with Crippen LogP contribution in [0.1, 0.15) is 39.5 Å². The fourth-order valence-corrected chi connectivity index (χ4v) is 2.19. The third-order valence-corrected chi connectivity index (χ3v) is 3.11. The summed E-state index contributed by atoms with van der Waals surface area (Å²) in [7, 11) is 0. The van der Waals surface area contributed by atoms with Gasteiger partial charge in [0.2, 0.25) is 0 Å². The monoisotopic (exact) mass is 241 g/mol. The number of nitrogens with two attached hydrogens (primary N) is 1. The Morgan fingerprint density at radius 3 is 2.47 bits per heavy atom. The highest BCUT2D eigenvalue weighted by molar-refractivity contribution is 5.74. The number of rotatable bonds is 4. The van der Waals surface area contributed by atoms with Crippen LogP contribution in [0.3, 0.4) is 0 Å². The molecule has 1 rings (SSSR count). The zero-order valence-electron chi connectivity index (χ0n) is 10.7. The maximum atomic E-state index is 11.7. The summed E-state index contributed by atoms with van der Waals surface area (Å²) in [6.45, 7) is 4.49. The molecular formula is C12H23N3O2. The Labute approximate surface area is 103 Å². The third-order valence-electron chi connectivity index (χ3n) is 3.11. The second-order valence-electron chi connectivity index (χ2n) is 5.00. The minimum Gasteiger partial charge on any atom is -0.463 e. The van der Waals surface area contributed by atoms with Gasteiger partial charge < -0.3 is 15.8 Å². The molecule has 0 bridgehead atoms. The SMILES string of the molecule is CC(C)OC(=O)C1CCC(CNC(=N)N)CC1. The first kappa shape index (κ1) is 13.8. The van der Waals surface area contributed by atoms with Gasteiger partial charge in [-0.3, -0.25) is 10.2 Å². The lowest BCUT2D eigenvalue weighted by Crippen LogP contribution is -2.36. The molecule has 0 heterocycles. The van der Waals surface area contributed by atoms with Gasteiger partial charge in [0.1, 0.15) is 0 Å². The molecule has 0 aromatic heterocycles. The van der Waals surface area contributed by atoms with E-state index in [-0.39, 0.29) is 24.0 Å². The molecule has 0 aromatic rings. The lowest BCUT2D eigenvalue weighted by Gasteiger charge is -2.27. The van der Waals surface area contributed by atoms with Crippen molar-refractivity contribution in [2.75, 3.05) is 6.54 Å². The van der Waals surface area contributed by atoms with E-state index in [9.17, 15) is 4.79 Å². The van der Waals surface area contributed by atoms with Gasteiger partial charge in [-0.25, -0.2) is 0 Å². The first-order valence-corrected chi connectivity index (χ1v) is 6.27. The standard InChI is InChI=1S/C12H23N3O2/c1-8(2)17-11(16)10-5-3-9(4-6-10)7-15-12(13)14/h8-10H,3-7H2,1-2H3,(H4,13,14,15). The van der Waals surface area contributed by atoms with Crippen LogP contribution < -0.4 is 11.1 Å². The summed E-state index contributed by atoms with van der Waals surface area (Å²) in [6.07, 6.45) is 3.74. The number of guanidine groups is 1. The van der Waals surface area contributed by atoms with Gasteiger partial charge in [-0.05, 0) is 45.4 Å². The van der Waals surface area contributed by atoms with E-state index in [0.717, 1.165) is 32.2 Å². The van der Waals surface area contributed by atoms with E-state index in [1.165, 1.54) is 0 Å². The predicted octanol–water partition coefficient (Wildman–Crippen LogP) is 1.23. The van der Waals surface area contributed by atoms with Crippen molar-refractivity contribution in [1.29, 1.82) is 5.41 Å². The summed E-state index contributed by atoms with van der Waals surface area (Å²) in [5.74, 6) is 0.539. The summed E-state index contributed by atoms with van der Waals surface area (Å²) in [6, 6.07) is 0. The van der Waals surface area contributed by atoms with Crippen LogP contribution in [-0.2, 0) is 9.53 Å². The fraction of sp³-hybridized carbons (Fsp3) is 0.833. The Morgan fingerprint density at radius 2 is 2.00 bits per heavy atom. The molecule has 0 aliphatic heterocycles. The Kier molecular flexibility index (Phi) is 5.25. The molecule has 0 radical (unpaired) electrons. The summed E-state index contributed by atoms with van der Waals surface area (Å²) < 4.78 is 5.21. The first-order chi connectivity index (χ1) is 7.99.